The highest BCUT2D eigenvalue weighted by Crippen LogP contribution is 2.26. The first kappa shape index (κ1) is 24.1. The van der Waals surface area contributed by atoms with Crippen molar-refractivity contribution in [3.8, 4) is 0 Å². The normalized spacial score (nSPS) is 16.4. The van der Waals surface area contributed by atoms with Crippen molar-refractivity contribution >= 4 is 40.7 Å². The average Bonchev–Trinajstić information content (AvgIpc) is 2.54. The minimum atomic E-state index is -3.69. The van der Waals surface area contributed by atoms with Crippen molar-refractivity contribution in [3.63, 3.8) is 0 Å². The number of aromatic nitrogens is 1. The van der Waals surface area contributed by atoms with Crippen molar-refractivity contribution in [3.05, 3.63) is 24.5 Å². The first-order chi connectivity index (χ1) is 10.8. The molecule has 1 aliphatic rings. The van der Waals surface area contributed by atoms with E-state index < -0.39 is 10.0 Å². The molecule has 2 rings (SSSR count). The van der Waals surface area contributed by atoms with E-state index in [9.17, 15) is 13.2 Å². The third-order valence-electron chi connectivity index (χ3n) is 4.23. The lowest BCUT2D eigenvalue weighted by molar-refractivity contribution is -0.121. The van der Waals surface area contributed by atoms with Crippen LogP contribution in [0.5, 0.6) is 0 Å². The molecule has 1 saturated heterocycles. The maximum absolute atomic E-state index is 12.3. The summed E-state index contributed by atoms with van der Waals surface area (Å²) in [7, 11) is -2.30. The standard InChI is InChI=1S/C15H24N4O3S.2ClH/c1-15(5-8-16-9-6-15)12-18-14(20)11-19(2)23(21,22)13-4-3-7-17-10-13;;/h3-4,7,10,16H,5-6,8-9,11-12H2,1-2H3,(H,18,20);2*1H. The fraction of sp³-hybridized carbons (Fsp3) is 0.600. The lowest BCUT2D eigenvalue weighted by Crippen LogP contribution is -2.45. The number of piperidine rings is 1. The Hall–Kier alpha value is -0.930. The number of halogens is 2. The molecule has 10 heteroatoms. The zero-order valence-corrected chi connectivity index (χ0v) is 16.8. The van der Waals surface area contributed by atoms with Crippen LogP contribution in [0.25, 0.3) is 0 Å². The number of carbonyl (C=O) groups excluding carboxylic acids is 1. The zero-order valence-electron chi connectivity index (χ0n) is 14.4. The molecule has 7 nitrogen and oxygen atoms in total. The number of rotatable bonds is 6. The Morgan fingerprint density at radius 3 is 2.56 bits per heavy atom. The van der Waals surface area contributed by atoms with Crippen LogP contribution in [0.15, 0.2) is 29.4 Å². The van der Waals surface area contributed by atoms with Gasteiger partial charge in [-0.3, -0.25) is 9.78 Å². The van der Waals surface area contributed by atoms with Crippen molar-refractivity contribution < 1.29 is 13.2 Å². The molecule has 1 aromatic rings. The van der Waals surface area contributed by atoms with Crippen LogP contribution in [-0.2, 0) is 14.8 Å². The highest BCUT2D eigenvalue weighted by molar-refractivity contribution is 7.89. The van der Waals surface area contributed by atoms with Crippen LogP contribution in [0.4, 0.5) is 0 Å². The molecule has 0 spiro atoms. The Labute approximate surface area is 161 Å². The highest BCUT2D eigenvalue weighted by atomic mass is 35.5. The van der Waals surface area contributed by atoms with E-state index in [1.807, 2.05) is 0 Å². The first-order valence-electron chi connectivity index (χ1n) is 7.67. The summed E-state index contributed by atoms with van der Waals surface area (Å²) in [5.41, 5.74) is 0.0711. The Morgan fingerprint density at radius 1 is 1.36 bits per heavy atom. The molecular weight excluding hydrogens is 387 g/mol. The number of pyridine rings is 1. The zero-order chi connectivity index (χ0) is 16.9. The van der Waals surface area contributed by atoms with Gasteiger partial charge in [0.05, 0.1) is 6.54 Å². The van der Waals surface area contributed by atoms with Gasteiger partial charge in [-0.1, -0.05) is 6.92 Å². The molecule has 2 N–H and O–H groups in total. The predicted octanol–water partition coefficient (Wildman–Crippen LogP) is 1.05. The van der Waals surface area contributed by atoms with Gasteiger partial charge in [0, 0.05) is 26.0 Å². The molecule has 1 amide bonds. The molecule has 1 aliphatic heterocycles. The second kappa shape index (κ2) is 10.3. The van der Waals surface area contributed by atoms with Crippen molar-refractivity contribution in [2.24, 2.45) is 5.41 Å². The maximum Gasteiger partial charge on any atom is 0.244 e. The number of sulfonamides is 1. The van der Waals surface area contributed by atoms with Crippen LogP contribution < -0.4 is 10.6 Å². The van der Waals surface area contributed by atoms with Gasteiger partial charge in [-0.25, -0.2) is 8.42 Å². The van der Waals surface area contributed by atoms with Gasteiger partial charge in [0.25, 0.3) is 0 Å². The molecule has 0 radical (unpaired) electrons. The van der Waals surface area contributed by atoms with Gasteiger partial charge in [-0.15, -0.1) is 24.8 Å². The lowest BCUT2D eigenvalue weighted by Gasteiger charge is -2.34. The van der Waals surface area contributed by atoms with E-state index in [4.69, 9.17) is 0 Å². The van der Waals surface area contributed by atoms with Gasteiger partial charge in [0.2, 0.25) is 15.9 Å². The van der Waals surface area contributed by atoms with Crippen LogP contribution in [-0.4, -0.2) is 56.8 Å². The predicted molar refractivity (Wildman–Crippen MR) is 102 cm³/mol. The maximum atomic E-state index is 12.3. The fourth-order valence-corrected chi connectivity index (χ4v) is 3.63. The van der Waals surface area contributed by atoms with Gasteiger partial charge in [0.1, 0.15) is 4.90 Å². The van der Waals surface area contributed by atoms with E-state index >= 15 is 0 Å². The average molecular weight is 413 g/mol. The van der Waals surface area contributed by atoms with E-state index in [1.54, 1.807) is 6.07 Å². The van der Waals surface area contributed by atoms with E-state index in [1.165, 1.54) is 25.5 Å². The summed E-state index contributed by atoms with van der Waals surface area (Å²) in [5, 5.41) is 6.15. The Kier molecular flexibility index (Phi) is 9.89. The number of likely N-dealkylation sites (N-methyl/N-ethyl adjacent to an activating group) is 1. The number of nitrogens with zero attached hydrogens (tertiary/aromatic N) is 2. The molecule has 2 heterocycles. The van der Waals surface area contributed by atoms with Gasteiger partial charge in [0.15, 0.2) is 0 Å². The lowest BCUT2D eigenvalue weighted by atomic mass is 9.81. The van der Waals surface area contributed by atoms with E-state index in [2.05, 4.69) is 22.5 Å². The quantitative estimate of drug-likeness (QED) is 0.728. The minimum Gasteiger partial charge on any atom is -0.354 e. The Morgan fingerprint density at radius 2 is 2.00 bits per heavy atom. The molecule has 0 saturated carbocycles. The van der Waals surface area contributed by atoms with Crippen molar-refractivity contribution in [2.75, 3.05) is 33.2 Å². The smallest absolute Gasteiger partial charge is 0.244 e. The molecule has 144 valence electrons. The van der Waals surface area contributed by atoms with Crippen LogP contribution in [0, 0.1) is 5.41 Å². The molecule has 0 bridgehead atoms. The van der Waals surface area contributed by atoms with Crippen molar-refractivity contribution in [1.29, 1.82) is 0 Å². The second-order valence-electron chi connectivity index (χ2n) is 6.29. The molecule has 0 aliphatic carbocycles. The largest absolute Gasteiger partial charge is 0.354 e. The minimum absolute atomic E-state index is 0. The third kappa shape index (κ3) is 6.71. The van der Waals surface area contributed by atoms with Crippen LogP contribution >= 0.6 is 24.8 Å². The van der Waals surface area contributed by atoms with Gasteiger partial charge in [-0.05, 0) is 43.5 Å². The number of nitrogens with one attached hydrogen (secondary N) is 2. The van der Waals surface area contributed by atoms with Crippen LogP contribution in [0.1, 0.15) is 19.8 Å². The molecule has 1 aromatic heterocycles. The summed E-state index contributed by atoms with van der Waals surface area (Å²) in [4.78, 5) is 16.0. The van der Waals surface area contributed by atoms with Gasteiger partial charge in [-0.2, -0.15) is 4.31 Å². The van der Waals surface area contributed by atoms with Crippen LogP contribution in [0.3, 0.4) is 0 Å². The van der Waals surface area contributed by atoms with Gasteiger partial charge >= 0.3 is 0 Å². The summed E-state index contributed by atoms with van der Waals surface area (Å²) in [6, 6.07) is 3.02. The SMILES string of the molecule is CN(CC(=O)NCC1(C)CCNCC1)S(=O)(=O)c1cccnc1.Cl.Cl. The number of carbonyl (C=O) groups is 1. The number of amides is 1. The number of hydrogen-bond acceptors (Lipinski definition) is 5. The topological polar surface area (TPSA) is 91.4 Å². The molecule has 1 fully saturated rings. The van der Waals surface area contributed by atoms with Crippen LogP contribution in [0.2, 0.25) is 0 Å². The first-order valence-corrected chi connectivity index (χ1v) is 9.11. The third-order valence-corrected chi connectivity index (χ3v) is 6.02. The Balaban J connectivity index is 0.00000288. The monoisotopic (exact) mass is 412 g/mol. The van der Waals surface area contributed by atoms with E-state index in [0.29, 0.717) is 6.54 Å². The molecule has 0 atom stereocenters. The van der Waals surface area contributed by atoms with Crippen molar-refractivity contribution in [2.45, 2.75) is 24.7 Å². The molecular formula is C15H26Cl2N4O3S. The molecule has 25 heavy (non-hydrogen) atoms. The van der Waals surface area contributed by atoms with Gasteiger partial charge < -0.3 is 10.6 Å². The molecule has 0 aromatic carbocycles. The Bertz CT molecular complexity index is 637. The summed E-state index contributed by atoms with van der Waals surface area (Å²) < 4.78 is 25.7. The van der Waals surface area contributed by atoms with Crippen molar-refractivity contribution in [1.82, 2.24) is 19.9 Å². The summed E-state index contributed by atoms with van der Waals surface area (Å²) in [5.74, 6) is -0.292. The van der Waals surface area contributed by atoms with E-state index in [0.717, 1.165) is 30.2 Å². The summed E-state index contributed by atoms with van der Waals surface area (Å²) >= 11 is 0. The number of hydrogen-bond donors (Lipinski definition) is 2. The summed E-state index contributed by atoms with van der Waals surface area (Å²) in [6.07, 6.45) is 4.78. The van der Waals surface area contributed by atoms with E-state index in [-0.39, 0.29) is 47.6 Å². The highest BCUT2D eigenvalue weighted by Gasteiger charge is 2.28. The fourth-order valence-electron chi connectivity index (χ4n) is 2.54. The summed E-state index contributed by atoms with van der Waals surface area (Å²) in [6.45, 7) is 4.40. The molecule has 0 unspecified atom stereocenters. The second-order valence-corrected chi connectivity index (χ2v) is 8.33.